The minimum Gasteiger partial charge on any atom is -0.339 e. The van der Waals surface area contributed by atoms with Gasteiger partial charge >= 0.3 is 0 Å². The van der Waals surface area contributed by atoms with Crippen molar-refractivity contribution in [2.24, 2.45) is 7.05 Å². The van der Waals surface area contributed by atoms with Gasteiger partial charge in [-0.3, -0.25) is 9.48 Å². The molecule has 1 aromatic heterocycles. The number of rotatable bonds is 3. The number of aromatic nitrogens is 2. The smallest absolute Gasteiger partial charge is 0.271 e. The third kappa shape index (κ3) is 2.26. The Morgan fingerprint density at radius 1 is 1.71 bits per heavy atom. The molecule has 0 saturated heterocycles. The van der Waals surface area contributed by atoms with Crippen molar-refractivity contribution in [2.45, 2.75) is 6.92 Å². The Morgan fingerprint density at radius 3 is 2.79 bits per heavy atom. The van der Waals surface area contributed by atoms with Crippen LogP contribution in [-0.4, -0.2) is 40.1 Å². The molecule has 1 heterocycles. The van der Waals surface area contributed by atoms with Gasteiger partial charge in [0.2, 0.25) is 0 Å². The van der Waals surface area contributed by atoms with Crippen molar-refractivity contribution >= 4 is 17.5 Å². The van der Waals surface area contributed by atoms with Gasteiger partial charge in [-0.15, -0.1) is 11.6 Å². The maximum absolute atomic E-state index is 11.8. The van der Waals surface area contributed by atoms with Crippen LogP contribution in [0.3, 0.4) is 0 Å². The molecule has 0 saturated carbocycles. The predicted octanol–water partition coefficient (Wildman–Crippen LogP) is 1.04. The number of hydrogen-bond donors (Lipinski definition) is 0. The molecule has 4 nitrogen and oxygen atoms in total. The summed E-state index contributed by atoms with van der Waals surface area (Å²) < 4.78 is 1.59. The zero-order chi connectivity index (χ0) is 10.7. The van der Waals surface area contributed by atoms with Crippen LogP contribution in [-0.2, 0) is 7.05 Å². The number of amides is 1. The Balaban J connectivity index is 2.83. The monoisotopic (exact) mass is 215 g/mol. The Hall–Kier alpha value is -1.03. The van der Waals surface area contributed by atoms with Crippen molar-refractivity contribution in [3.63, 3.8) is 0 Å². The fourth-order valence-corrected chi connectivity index (χ4v) is 1.49. The topological polar surface area (TPSA) is 38.1 Å². The Bertz CT molecular complexity index is 335. The van der Waals surface area contributed by atoms with Crippen molar-refractivity contribution < 1.29 is 4.79 Å². The normalized spacial score (nSPS) is 10.3. The number of nitrogens with zero attached hydrogens (tertiary/aromatic N) is 3. The third-order valence-electron chi connectivity index (χ3n) is 1.99. The predicted molar refractivity (Wildman–Crippen MR) is 55.6 cm³/mol. The molecular formula is C9H14ClN3O. The van der Waals surface area contributed by atoms with Gasteiger partial charge in [0, 0.05) is 26.5 Å². The van der Waals surface area contributed by atoms with Crippen LogP contribution < -0.4 is 0 Å². The molecule has 0 atom stereocenters. The van der Waals surface area contributed by atoms with E-state index in [0.717, 1.165) is 5.69 Å². The van der Waals surface area contributed by atoms with Crippen molar-refractivity contribution in [3.8, 4) is 0 Å². The summed E-state index contributed by atoms with van der Waals surface area (Å²) >= 11 is 5.56. The van der Waals surface area contributed by atoms with E-state index in [1.54, 1.807) is 29.7 Å². The third-order valence-corrected chi connectivity index (χ3v) is 2.16. The zero-order valence-corrected chi connectivity index (χ0v) is 9.38. The molecule has 0 bridgehead atoms. The highest BCUT2D eigenvalue weighted by Crippen LogP contribution is 2.05. The highest BCUT2D eigenvalue weighted by molar-refractivity contribution is 6.18. The highest BCUT2D eigenvalue weighted by Gasteiger charge is 2.15. The average molecular weight is 216 g/mol. The lowest BCUT2D eigenvalue weighted by atomic mass is 10.3. The number of halogens is 1. The fraction of sp³-hybridized carbons (Fsp3) is 0.556. The summed E-state index contributed by atoms with van der Waals surface area (Å²) in [5, 5.41) is 4.11. The molecule has 0 unspecified atom stereocenters. The minimum atomic E-state index is -0.0475. The number of carbonyl (C=O) groups is 1. The van der Waals surface area contributed by atoms with Crippen LogP contribution >= 0.6 is 11.6 Å². The van der Waals surface area contributed by atoms with Crippen LogP contribution in [0.1, 0.15) is 16.2 Å². The van der Waals surface area contributed by atoms with Gasteiger partial charge in [-0.05, 0) is 13.0 Å². The van der Waals surface area contributed by atoms with E-state index in [0.29, 0.717) is 18.1 Å². The van der Waals surface area contributed by atoms with Gasteiger partial charge in [0.25, 0.3) is 5.91 Å². The molecule has 14 heavy (non-hydrogen) atoms. The molecular weight excluding hydrogens is 202 g/mol. The second-order valence-electron chi connectivity index (χ2n) is 3.21. The molecule has 1 amide bonds. The molecule has 1 aromatic rings. The van der Waals surface area contributed by atoms with E-state index in [1.165, 1.54) is 0 Å². The largest absolute Gasteiger partial charge is 0.339 e. The summed E-state index contributed by atoms with van der Waals surface area (Å²) in [5.41, 5.74) is 1.44. The summed E-state index contributed by atoms with van der Waals surface area (Å²) in [6.45, 7) is 2.41. The van der Waals surface area contributed by atoms with Gasteiger partial charge in [0.05, 0.1) is 5.69 Å². The standard InChI is InChI=1S/C9H14ClN3O/c1-7-6-8(13(3)11-7)9(14)12(2)5-4-10/h6H,4-5H2,1-3H3. The van der Waals surface area contributed by atoms with E-state index in [-0.39, 0.29) is 5.91 Å². The van der Waals surface area contributed by atoms with Gasteiger partial charge < -0.3 is 4.90 Å². The quantitative estimate of drug-likeness (QED) is 0.707. The summed E-state index contributed by atoms with van der Waals surface area (Å²) in [6.07, 6.45) is 0. The molecule has 0 aromatic carbocycles. The number of hydrogen-bond acceptors (Lipinski definition) is 2. The second-order valence-corrected chi connectivity index (χ2v) is 3.59. The molecule has 1 rings (SSSR count). The molecule has 0 spiro atoms. The van der Waals surface area contributed by atoms with Crippen LogP contribution in [0.25, 0.3) is 0 Å². The van der Waals surface area contributed by atoms with E-state index in [4.69, 9.17) is 11.6 Å². The van der Waals surface area contributed by atoms with E-state index in [1.807, 2.05) is 6.92 Å². The molecule has 0 radical (unpaired) electrons. The maximum Gasteiger partial charge on any atom is 0.271 e. The maximum atomic E-state index is 11.8. The van der Waals surface area contributed by atoms with E-state index in [9.17, 15) is 4.79 Å². The van der Waals surface area contributed by atoms with E-state index < -0.39 is 0 Å². The van der Waals surface area contributed by atoms with Gasteiger partial charge in [-0.25, -0.2) is 0 Å². The number of aryl methyl sites for hydroxylation is 2. The summed E-state index contributed by atoms with van der Waals surface area (Å²) in [7, 11) is 3.49. The summed E-state index contributed by atoms with van der Waals surface area (Å²) in [5.74, 6) is 0.396. The van der Waals surface area contributed by atoms with Crippen molar-refractivity contribution in [2.75, 3.05) is 19.5 Å². The molecule has 0 N–H and O–H groups in total. The minimum absolute atomic E-state index is 0.0475. The second kappa shape index (κ2) is 4.46. The number of carbonyl (C=O) groups excluding carboxylic acids is 1. The van der Waals surface area contributed by atoms with Crippen molar-refractivity contribution in [3.05, 3.63) is 17.5 Å². The summed E-state index contributed by atoms with van der Waals surface area (Å²) in [4.78, 5) is 13.4. The SMILES string of the molecule is Cc1cc(C(=O)N(C)CCCl)n(C)n1. The van der Waals surface area contributed by atoms with Crippen LogP contribution in [0.5, 0.6) is 0 Å². The first-order valence-electron chi connectivity index (χ1n) is 4.38. The zero-order valence-electron chi connectivity index (χ0n) is 8.62. The van der Waals surface area contributed by atoms with Gasteiger partial charge in [0.15, 0.2) is 0 Å². The first-order valence-corrected chi connectivity index (χ1v) is 4.91. The molecule has 0 aliphatic carbocycles. The lowest BCUT2D eigenvalue weighted by molar-refractivity contribution is 0.0792. The van der Waals surface area contributed by atoms with Crippen molar-refractivity contribution in [1.82, 2.24) is 14.7 Å². The Labute approximate surface area is 88.5 Å². The van der Waals surface area contributed by atoms with Crippen LogP contribution in [0.4, 0.5) is 0 Å². The molecule has 78 valence electrons. The van der Waals surface area contributed by atoms with Crippen LogP contribution in [0, 0.1) is 6.92 Å². The first kappa shape index (κ1) is 11.0. The molecule has 0 aliphatic rings. The highest BCUT2D eigenvalue weighted by atomic mass is 35.5. The van der Waals surface area contributed by atoms with Gasteiger partial charge in [-0.1, -0.05) is 0 Å². The van der Waals surface area contributed by atoms with Crippen LogP contribution in [0.15, 0.2) is 6.07 Å². The molecule has 5 heteroatoms. The fourth-order valence-electron chi connectivity index (χ4n) is 1.23. The lowest BCUT2D eigenvalue weighted by Crippen LogP contribution is -2.30. The van der Waals surface area contributed by atoms with E-state index >= 15 is 0 Å². The Kier molecular flexibility index (Phi) is 3.52. The van der Waals surface area contributed by atoms with Crippen LogP contribution in [0.2, 0.25) is 0 Å². The molecule has 0 aliphatic heterocycles. The number of alkyl halides is 1. The average Bonchev–Trinajstić information content (AvgIpc) is 2.44. The van der Waals surface area contributed by atoms with Gasteiger partial charge in [-0.2, -0.15) is 5.10 Å². The summed E-state index contributed by atoms with van der Waals surface area (Å²) in [6, 6.07) is 1.77. The first-order chi connectivity index (χ1) is 6.56. The van der Waals surface area contributed by atoms with Crippen molar-refractivity contribution in [1.29, 1.82) is 0 Å². The van der Waals surface area contributed by atoms with Gasteiger partial charge in [0.1, 0.15) is 5.69 Å². The lowest BCUT2D eigenvalue weighted by Gasteiger charge is -2.14. The van der Waals surface area contributed by atoms with E-state index in [2.05, 4.69) is 5.10 Å². The Morgan fingerprint density at radius 2 is 2.36 bits per heavy atom. The molecule has 0 fully saturated rings.